The number of nitrogens with zero attached hydrogens (tertiary/aromatic N) is 1. The summed E-state index contributed by atoms with van der Waals surface area (Å²) >= 11 is 0. The van der Waals surface area contributed by atoms with E-state index in [-0.39, 0.29) is 24.5 Å². The number of carbonyl (C=O) groups is 2. The van der Waals surface area contributed by atoms with Gasteiger partial charge in [0, 0.05) is 19.3 Å². The first-order chi connectivity index (χ1) is 11.0. The van der Waals surface area contributed by atoms with Crippen LogP contribution in [0.2, 0.25) is 0 Å². The van der Waals surface area contributed by atoms with Crippen LogP contribution in [0.4, 0.5) is 5.69 Å². The fourth-order valence-corrected chi connectivity index (χ4v) is 2.74. The van der Waals surface area contributed by atoms with Crippen LogP contribution >= 0.6 is 0 Å². The van der Waals surface area contributed by atoms with Gasteiger partial charge in [0.25, 0.3) is 5.91 Å². The summed E-state index contributed by atoms with van der Waals surface area (Å²) in [6.07, 6.45) is 1.75. The fraction of sp³-hybridized carbons (Fsp3) is 0.529. The van der Waals surface area contributed by atoms with Crippen LogP contribution in [0.5, 0.6) is 0 Å². The molecule has 0 aromatic heterocycles. The lowest BCUT2D eigenvalue weighted by molar-refractivity contribution is -0.143. The lowest BCUT2D eigenvalue weighted by atomic mass is 10.1. The quantitative estimate of drug-likeness (QED) is 0.824. The third-order valence-electron chi connectivity index (χ3n) is 4.08. The summed E-state index contributed by atoms with van der Waals surface area (Å²) in [7, 11) is 1.62. The zero-order valence-corrected chi connectivity index (χ0v) is 13.7. The maximum atomic E-state index is 12.3. The van der Waals surface area contributed by atoms with E-state index in [9.17, 15) is 9.59 Å². The largest absolute Gasteiger partial charge is 0.364 e. The highest BCUT2D eigenvalue weighted by Gasteiger charge is 2.32. The van der Waals surface area contributed by atoms with Crippen LogP contribution in [-0.2, 0) is 20.7 Å². The molecule has 1 aromatic rings. The number of carbonyl (C=O) groups excluding carboxylic acids is 2. The van der Waals surface area contributed by atoms with E-state index in [1.165, 1.54) is 4.90 Å². The number of ether oxygens (including phenoxy) is 1. The number of anilines is 1. The molecule has 0 aliphatic carbocycles. The van der Waals surface area contributed by atoms with Gasteiger partial charge < -0.3 is 20.7 Å². The molecule has 1 aliphatic rings. The molecular formula is C17H25N3O3. The molecule has 3 N–H and O–H groups in total. The number of hydrogen-bond donors (Lipinski definition) is 2. The monoisotopic (exact) mass is 319 g/mol. The Morgan fingerprint density at radius 1 is 1.35 bits per heavy atom. The summed E-state index contributed by atoms with van der Waals surface area (Å²) in [6.45, 7) is 2.46. The SMILES string of the molecule is CCc1ccccc1NC(=O)CN(C)C(=O)[C@@H]1CC[C@H](CN)O1. The van der Waals surface area contributed by atoms with E-state index in [1.807, 2.05) is 31.2 Å². The van der Waals surface area contributed by atoms with Crippen molar-refractivity contribution in [3.05, 3.63) is 29.8 Å². The summed E-state index contributed by atoms with van der Waals surface area (Å²) in [5, 5.41) is 2.86. The normalized spacial score (nSPS) is 20.3. The van der Waals surface area contributed by atoms with E-state index < -0.39 is 6.10 Å². The highest BCUT2D eigenvalue weighted by atomic mass is 16.5. The second kappa shape index (κ2) is 8.08. The van der Waals surface area contributed by atoms with Crippen LogP contribution in [0.3, 0.4) is 0 Å². The number of hydrogen-bond acceptors (Lipinski definition) is 4. The number of rotatable bonds is 6. The van der Waals surface area contributed by atoms with Crippen LogP contribution < -0.4 is 11.1 Å². The lowest BCUT2D eigenvalue weighted by Gasteiger charge is -2.21. The molecule has 6 heteroatoms. The minimum Gasteiger partial charge on any atom is -0.364 e. The lowest BCUT2D eigenvalue weighted by Crippen LogP contribution is -2.41. The Balaban J connectivity index is 1.88. The molecule has 2 rings (SSSR count). The van der Waals surface area contributed by atoms with Gasteiger partial charge >= 0.3 is 0 Å². The second-order valence-electron chi connectivity index (χ2n) is 5.81. The highest BCUT2D eigenvalue weighted by molar-refractivity contribution is 5.95. The summed E-state index contributed by atoms with van der Waals surface area (Å²) < 4.78 is 5.58. The molecule has 126 valence electrons. The number of aryl methyl sites for hydroxylation is 1. The van der Waals surface area contributed by atoms with Gasteiger partial charge in [0.1, 0.15) is 6.10 Å². The van der Waals surface area contributed by atoms with Crippen molar-refractivity contribution >= 4 is 17.5 Å². The topological polar surface area (TPSA) is 84.7 Å². The molecule has 23 heavy (non-hydrogen) atoms. The van der Waals surface area contributed by atoms with E-state index in [4.69, 9.17) is 10.5 Å². The average molecular weight is 319 g/mol. The third kappa shape index (κ3) is 4.53. The predicted molar refractivity (Wildman–Crippen MR) is 89.0 cm³/mol. The van der Waals surface area contributed by atoms with Gasteiger partial charge in [-0.1, -0.05) is 25.1 Å². The molecule has 1 heterocycles. The molecule has 0 radical (unpaired) electrons. The van der Waals surface area contributed by atoms with Crippen molar-refractivity contribution in [2.75, 3.05) is 25.5 Å². The Morgan fingerprint density at radius 2 is 2.09 bits per heavy atom. The number of nitrogens with one attached hydrogen (secondary N) is 1. The molecule has 0 bridgehead atoms. The van der Waals surface area contributed by atoms with Gasteiger partial charge in [-0.05, 0) is 30.9 Å². The van der Waals surface area contributed by atoms with Crippen LogP contribution in [0, 0.1) is 0 Å². The van der Waals surface area contributed by atoms with Crippen molar-refractivity contribution in [2.24, 2.45) is 5.73 Å². The Hall–Kier alpha value is -1.92. The fourth-order valence-electron chi connectivity index (χ4n) is 2.74. The van der Waals surface area contributed by atoms with Gasteiger partial charge in [-0.2, -0.15) is 0 Å². The van der Waals surface area contributed by atoms with Crippen molar-refractivity contribution in [1.29, 1.82) is 0 Å². The van der Waals surface area contributed by atoms with Crippen molar-refractivity contribution in [3.63, 3.8) is 0 Å². The summed E-state index contributed by atoms with van der Waals surface area (Å²) in [5.74, 6) is -0.380. The molecular weight excluding hydrogens is 294 g/mol. The average Bonchev–Trinajstić information content (AvgIpc) is 3.03. The van der Waals surface area contributed by atoms with Crippen LogP contribution in [0.15, 0.2) is 24.3 Å². The molecule has 0 saturated carbocycles. The van der Waals surface area contributed by atoms with Gasteiger partial charge in [-0.25, -0.2) is 0 Å². The third-order valence-corrected chi connectivity index (χ3v) is 4.08. The molecule has 0 spiro atoms. The Kier molecular flexibility index (Phi) is 6.12. The molecule has 0 unspecified atom stereocenters. The number of likely N-dealkylation sites (N-methyl/N-ethyl adjacent to an activating group) is 1. The number of benzene rings is 1. The standard InChI is InChI=1S/C17H25N3O3/c1-3-12-6-4-5-7-14(12)19-16(21)11-20(2)17(22)15-9-8-13(10-18)23-15/h4-7,13,15H,3,8-11,18H2,1-2H3,(H,19,21)/t13-,15+/m1/s1. The first-order valence-electron chi connectivity index (χ1n) is 8.03. The Morgan fingerprint density at radius 3 is 2.74 bits per heavy atom. The number of nitrogens with two attached hydrogens (primary N) is 1. The van der Waals surface area contributed by atoms with Crippen molar-refractivity contribution in [1.82, 2.24) is 4.90 Å². The van der Waals surface area contributed by atoms with Gasteiger partial charge in [0.2, 0.25) is 5.91 Å². The van der Waals surface area contributed by atoms with Gasteiger partial charge in [-0.3, -0.25) is 9.59 Å². The molecule has 6 nitrogen and oxygen atoms in total. The molecule has 1 aromatic carbocycles. The van der Waals surface area contributed by atoms with E-state index in [0.717, 1.165) is 24.1 Å². The van der Waals surface area contributed by atoms with Crippen molar-refractivity contribution in [3.8, 4) is 0 Å². The molecule has 2 atom stereocenters. The molecule has 1 aliphatic heterocycles. The first kappa shape index (κ1) is 17.4. The highest BCUT2D eigenvalue weighted by Crippen LogP contribution is 2.20. The van der Waals surface area contributed by atoms with E-state index in [2.05, 4.69) is 5.32 Å². The van der Waals surface area contributed by atoms with Crippen LogP contribution in [0.1, 0.15) is 25.3 Å². The molecule has 1 fully saturated rings. The van der Waals surface area contributed by atoms with Gasteiger partial charge in [0.05, 0.1) is 12.6 Å². The Bertz CT molecular complexity index is 562. The molecule has 1 saturated heterocycles. The Labute approximate surface area is 137 Å². The van der Waals surface area contributed by atoms with Crippen molar-refractivity contribution in [2.45, 2.75) is 38.4 Å². The van der Waals surface area contributed by atoms with Crippen LogP contribution in [-0.4, -0.2) is 49.1 Å². The first-order valence-corrected chi connectivity index (χ1v) is 8.03. The van der Waals surface area contributed by atoms with Crippen LogP contribution in [0.25, 0.3) is 0 Å². The minimum atomic E-state index is -0.482. The summed E-state index contributed by atoms with van der Waals surface area (Å²) in [6, 6.07) is 7.66. The summed E-state index contributed by atoms with van der Waals surface area (Å²) in [5.41, 5.74) is 7.41. The van der Waals surface area contributed by atoms with E-state index >= 15 is 0 Å². The second-order valence-corrected chi connectivity index (χ2v) is 5.81. The maximum Gasteiger partial charge on any atom is 0.251 e. The molecule has 2 amide bonds. The van der Waals surface area contributed by atoms with E-state index in [1.54, 1.807) is 7.05 Å². The van der Waals surface area contributed by atoms with Gasteiger partial charge in [0.15, 0.2) is 0 Å². The smallest absolute Gasteiger partial charge is 0.251 e. The minimum absolute atomic E-state index is 0.00400. The maximum absolute atomic E-state index is 12.3. The number of amides is 2. The predicted octanol–water partition coefficient (Wildman–Crippen LogP) is 1.15. The van der Waals surface area contributed by atoms with E-state index in [0.29, 0.717) is 13.0 Å². The summed E-state index contributed by atoms with van der Waals surface area (Å²) in [4.78, 5) is 25.9. The van der Waals surface area contributed by atoms with Crippen molar-refractivity contribution < 1.29 is 14.3 Å². The zero-order valence-electron chi connectivity index (χ0n) is 13.7. The van der Waals surface area contributed by atoms with Gasteiger partial charge in [-0.15, -0.1) is 0 Å². The zero-order chi connectivity index (χ0) is 16.8. The number of para-hydroxylation sites is 1.